The van der Waals surface area contributed by atoms with E-state index in [1.165, 1.54) is 6.92 Å². The maximum absolute atomic E-state index is 8.55. The van der Waals surface area contributed by atoms with Crippen molar-refractivity contribution >= 4 is 0 Å². The van der Waals surface area contributed by atoms with Crippen molar-refractivity contribution in [3.05, 3.63) is 6.42 Å². The zero-order chi connectivity index (χ0) is 7.49. The Morgan fingerprint density at radius 1 is 1.44 bits per heavy atom. The van der Waals surface area contributed by atoms with Gasteiger partial charge in [-0.2, -0.15) is 0 Å². The normalized spacial score (nSPS) is 15.7. The lowest BCUT2D eigenvalue weighted by Gasteiger charge is -2.13. The number of hydrogen-bond acceptors (Lipinski definition) is 4. The van der Waals surface area contributed by atoms with Gasteiger partial charge in [-0.05, 0) is 13.3 Å². The van der Waals surface area contributed by atoms with Crippen LogP contribution in [0.5, 0.6) is 0 Å². The van der Waals surface area contributed by atoms with Crippen LogP contribution < -0.4 is 0 Å². The molecule has 0 heterocycles. The molecule has 1 atom stereocenters. The van der Waals surface area contributed by atoms with E-state index >= 15 is 0 Å². The number of aliphatic hydroxyl groups is 4. The Morgan fingerprint density at radius 2 is 1.89 bits per heavy atom. The van der Waals surface area contributed by atoms with Crippen LogP contribution in [0.1, 0.15) is 13.3 Å². The van der Waals surface area contributed by atoms with Gasteiger partial charge in [-0.15, -0.1) is 0 Å². The van der Waals surface area contributed by atoms with Gasteiger partial charge in [-0.1, -0.05) is 0 Å². The summed E-state index contributed by atoms with van der Waals surface area (Å²) in [6.45, 7) is 1.47. The van der Waals surface area contributed by atoms with E-state index in [9.17, 15) is 0 Å². The van der Waals surface area contributed by atoms with Crippen molar-refractivity contribution in [3.63, 3.8) is 0 Å². The van der Waals surface area contributed by atoms with Gasteiger partial charge in [0.05, 0.1) is 12.5 Å². The van der Waals surface area contributed by atoms with Crippen LogP contribution in [0.25, 0.3) is 0 Å². The van der Waals surface area contributed by atoms with Crippen molar-refractivity contribution in [1.29, 1.82) is 0 Å². The highest BCUT2D eigenvalue weighted by Gasteiger charge is 2.18. The smallest absolute Gasteiger partial charge is 0.278 e. The second kappa shape index (κ2) is 3.12. The van der Waals surface area contributed by atoms with Crippen LogP contribution in [-0.2, 0) is 0 Å². The van der Waals surface area contributed by atoms with Gasteiger partial charge in [-0.3, -0.25) is 0 Å². The second-order valence-corrected chi connectivity index (χ2v) is 1.98. The molecule has 55 valence electrons. The molecule has 4 nitrogen and oxygen atoms in total. The van der Waals surface area contributed by atoms with E-state index in [1.54, 1.807) is 0 Å². The zero-order valence-electron chi connectivity index (χ0n) is 5.15. The molecule has 0 aliphatic rings. The minimum Gasteiger partial charge on any atom is -0.393 e. The van der Waals surface area contributed by atoms with Gasteiger partial charge >= 0.3 is 0 Å². The Labute approximate surface area is 53.4 Å². The van der Waals surface area contributed by atoms with Gasteiger partial charge in [0.2, 0.25) is 0 Å². The van der Waals surface area contributed by atoms with Crippen LogP contribution in [0.15, 0.2) is 0 Å². The summed E-state index contributed by atoms with van der Waals surface area (Å²) in [6.07, 6.45) is 0.178. The molecule has 0 spiro atoms. The predicted molar refractivity (Wildman–Crippen MR) is 30.0 cm³/mol. The minimum absolute atomic E-state index is 0.0451. The molecule has 0 bridgehead atoms. The third kappa shape index (κ3) is 7.84. The highest BCUT2D eigenvalue weighted by Crippen LogP contribution is 2.04. The van der Waals surface area contributed by atoms with Gasteiger partial charge in [0.15, 0.2) is 0 Å². The van der Waals surface area contributed by atoms with Crippen LogP contribution in [0.2, 0.25) is 0 Å². The monoisotopic (exact) mass is 135 g/mol. The maximum atomic E-state index is 8.55. The number of rotatable bonds is 3. The molecule has 0 rings (SSSR count). The number of aliphatic hydroxyl groups excluding tert-OH is 1. The van der Waals surface area contributed by atoms with Gasteiger partial charge in [0.25, 0.3) is 5.97 Å². The highest BCUT2D eigenvalue weighted by atomic mass is 16.7. The van der Waals surface area contributed by atoms with E-state index in [-0.39, 0.29) is 6.42 Å². The third-order valence-electron chi connectivity index (χ3n) is 0.733. The molecular formula is C5H11O4. The molecule has 9 heavy (non-hydrogen) atoms. The first-order valence-electron chi connectivity index (χ1n) is 2.61. The summed E-state index contributed by atoms with van der Waals surface area (Å²) in [7, 11) is 0. The Bertz CT molecular complexity index is 73.5. The molecule has 0 saturated heterocycles. The molecule has 0 aliphatic carbocycles. The Balaban J connectivity index is 3.28. The van der Waals surface area contributed by atoms with E-state index in [2.05, 4.69) is 0 Å². The van der Waals surface area contributed by atoms with Crippen molar-refractivity contribution < 1.29 is 20.4 Å². The highest BCUT2D eigenvalue weighted by molar-refractivity contribution is 4.74. The van der Waals surface area contributed by atoms with E-state index in [0.717, 1.165) is 6.42 Å². The molecule has 0 fully saturated rings. The number of hydrogen-bond donors (Lipinski definition) is 4. The van der Waals surface area contributed by atoms with E-state index in [0.29, 0.717) is 0 Å². The van der Waals surface area contributed by atoms with Crippen LogP contribution in [0.3, 0.4) is 0 Å². The summed E-state index contributed by atoms with van der Waals surface area (Å²) in [5.41, 5.74) is 0. The van der Waals surface area contributed by atoms with Crippen LogP contribution >= 0.6 is 0 Å². The van der Waals surface area contributed by atoms with Crippen molar-refractivity contribution in [1.82, 2.24) is 0 Å². The summed E-state index contributed by atoms with van der Waals surface area (Å²) in [5.74, 6) is -2.75. The fourth-order valence-corrected chi connectivity index (χ4v) is 0.329. The zero-order valence-corrected chi connectivity index (χ0v) is 5.15. The van der Waals surface area contributed by atoms with Gasteiger partial charge < -0.3 is 20.4 Å². The van der Waals surface area contributed by atoms with Crippen LogP contribution in [0.4, 0.5) is 0 Å². The van der Waals surface area contributed by atoms with Gasteiger partial charge in [0, 0.05) is 0 Å². The predicted octanol–water partition coefficient (Wildman–Crippen LogP) is -1.41. The fourth-order valence-electron chi connectivity index (χ4n) is 0.329. The van der Waals surface area contributed by atoms with Gasteiger partial charge in [0.1, 0.15) is 0 Å². The average molecular weight is 135 g/mol. The first-order valence-corrected chi connectivity index (χ1v) is 2.61. The molecule has 0 aromatic heterocycles. The summed E-state index contributed by atoms with van der Waals surface area (Å²) in [5, 5.41) is 33.2. The van der Waals surface area contributed by atoms with E-state index < -0.39 is 12.1 Å². The average Bonchev–Trinajstić information content (AvgIpc) is 1.59. The molecule has 0 aromatic carbocycles. The van der Waals surface area contributed by atoms with Crippen molar-refractivity contribution in [2.24, 2.45) is 0 Å². The molecule has 0 amide bonds. The van der Waals surface area contributed by atoms with Crippen LogP contribution in [-0.4, -0.2) is 32.5 Å². The third-order valence-corrected chi connectivity index (χ3v) is 0.733. The van der Waals surface area contributed by atoms with E-state index in [1.807, 2.05) is 0 Å². The molecule has 1 radical (unpaired) electrons. The lowest BCUT2D eigenvalue weighted by Crippen LogP contribution is -2.28. The van der Waals surface area contributed by atoms with Crippen molar-refractivity contribution in [2.75, 3.05) is 0 Å². The first kappa shape index (κ1) is 8.84. The molecule has 4 heteroatoms. The van der Waals surface area contributed by atoms with Crippen molar-refractivity contribution in [3.8, 4) is 0 Å². The Morgan fingerprint density at radius 3 is 2.00 bits per heavy atom. The van der Waals surface area contributed by atoms with Crippen molar-refractivity contribution in [2.45, 2.75) is 25.4 Å². The Hall–Kier alpha value is -0.160. The summed E-state index contributed by atoms with van der Waals surface area (Å²) in [6, 6.07) is 0. The fraction of sp³-hybridized carbons (Fsp3) is 0.800. The minimum atomic E-state index is -2.75. The largest absolute Gasteiger partial charge is 0.393 e. The first-order chi connectivity index (χ1) is 3.92. The standard InChI is InChI=1S/C5H11O4/c1-4(6)2-3-5(7,8)9/h3-4,6-9H,2H2,1H3. The molecular weight excluding hydrogens is 124 g/mol. The lowest BCUT2D eigenvalue weighted by molar-refractivity contribution is -0.287. The maximum Gasteiger partial charge on any atom is 0.278 e. The quantitative estimate of drug-likeness (QED) is 0.358. The molecule has 1 unspecified atom stereocenters. The molecule has 0 aliphatic heterocycles. The Kier molecular flexibility index (Phi) is 3.07. The SMILES string of the molecule is CC(O)C[CH]C(O)(O)O. The summed E-state index contributed by atoms with van der Waals surface area (Å²) >= 11 is 0. The lowest BCUT2D eigenvalue weighted by atomic mass is 10.2. The second-order valence-electron chi connectivity index (χ2n) is 1.98. The summed E-state index contributed by atoms with van der Waals surface area (Å²) < 4.78 is 0. The van der Waals surface area contributed by atoms with Crippen LogP contribution in [0, 0.1) is 6.42 Å². The topological polar surface area (TPSA) is 80.9 Å². The molecule has 0 saturated carbocycles. The molecule has 0 aromatic rings. The summed E-state index contributed by atoms with van der Waals surface area (Å²) in [4.78, 5) is 0. The van der Waals surface area contributed by atoms with Gasteiger partial charge in [-0.25, -0.2) is 0 Å². The molecule has 4 N–H and O–H groups in total. The van der Waals surface area contributed by atoms with E-state index in [4.69, 9.17) is 20.4 Å².